The van der Waals surface area contributed by atoms with Gasteiger partial charge in [-0.1, -0.05) is 29.8 Å². The monoisotopic (exact) mass is 434 g/mol. The minimum Gasteiger partial charge on any atom is -0.462 e. The van der Waals surface area contributed by atoms with Crippen molar-refractivity contribution in [1.29, 1.82) is 0 Å². The molecule has 0 atom stereocenters. The molecule has 2 aromatic carbocycles. The number of ether oxygens (including phenoxy) is 1. The molecule has 4 rings (SSSR count). The Bertz CT molecular complexity index is 1300. The number of carbonyl (C=O) groups excluding carboxylic acids is 2. The third-order valence-corrected chi connectivity index (χ3v) is 4.99. The minimum absolute atomic E-state index is 0.249. The number of carbonyl (C=O) groups is 2. The molecule has 0 unspecified atom stereocenters. The lowest BCUT2D eigenvalue weighted by Crippen LogP contribution is -2.13. The van der Waals surface area contributed by atoms with E-state index in [0.29, 0.717) is 27.5 Å². The number of nitrogens with zero attached hydrogens (tertiary/aromatic N) is 3. The van der Waals surface area contributed by atoms with Gasteiger partial charge in [0.25, 0.3) is 5.91 Å². The lowest BCUT2D eigenvalue weighted by atomic mass is 10.1. The Balaban J connectivity index is 1.67. The number of hydrogen-bond acceptors (Lipinski definition) is 5. The van der Waals surface area contributed by atoms with Crippen molar-refractivity contribution >= 4 is 34.8 Å². The Labute approximate surface area is 183 Å². The van der Waals surface area contributed by atoms with E-state index < -0.39 is 5.97 Å². The van der Waals surface area contributed by atoms with Gasteiger partial charge in [-0.2, -0.15) is 5.10 Å². The molecule has 0 radical (unpaired) electrons. The molecule has 0 spiro atoms. The molecule has 1 amide bonds. The zero-order valence-electron chi connectivity index (χ0n) is 16.9. The predicted molar refractivity (Wildman–Crippen MR) is 119 cm³/mol. The molecule has 8 heteroatoms. The number of benzene rings is 2. The van der Waals surface area contributed by atoms with Gasteiger partial charge in [-0.3, -0.25) is 4.79 Å². The minimum atomic E-state index is -0.472. The number of anilines is 1. The topological polar surface area (TPSA) is 85.6 Å². The molecule has 0 aliphatic carbocycles. The molecular formula is C23H19ClN4O3. The second kappa shape index (κ2) is 8.57. The molecule has 0 aliphatic heterocycles. The van der Waals surface area contributed by atoms with Crippen molar-refractivity contribution in [1.82, 2.24) is 14.6 Å². The van der Waals surface area contributed by atoms with Gasteiger partial charge in [0.05, 0.1) is 18.5 Å². The summed E-state index contributed by atoms with van der Waals surface area (Å²) in [4.78, 5) is 29.2. The van der Waals surface area contributed by atoms with Crippen LogP contribution in [0.4, 0.5) is 5.69 Å². The average Bonchev–Trinajstić information content (AvgIpc) is 3.20. The summed E-state index contributed by atoms with van der Waals surface area (Å²) in [5, 5.41) is 7.72. The van der Waals surface area contributed by atoms with E-state index in [4.69, 9.17) is 16.3 Å². The van der Waals surface area contributed by atoms with Crippen LogP contribution in [0.15, 0.2) is 60.9 Å². The maximum Gasteiger partial charge on any atom is 0.343 e. The Morgan fingerprint density at radius 3 is 2.77 bits per heavy atom. The Hall–Kier alpha value is -3.71. The number of esters is 1. The molecular weight excluding hydrogens is 416 g/mol. The quantitative estimate of drug-likeness (QED) is 0.456. The smallest absolute Gasteiger partial charge is 0.343 e. The van der Waals surface area contributed by atoms with E-state index in [-0.39, 0.29) is 12.5 Å². The Morgan fingerprint density at radius 2 is 1.97 bits per heavy atom. The average molecular weight is 435 g/mol. The first-order chi connectivity index (χ1) is 15.0. The summed E-state index contributed by atoms with van der Waals surface area (Å²) in [7, 11) is 0. The van der Waals surface area contributed by atoms with Crippen molar-refractivity contribution in [2.75, 3.05) is 11.9 Å². The van der Waals surface area contributed by atoms with Gasteiger partial charge in [-0.05, 0) is 49.7 Å². The molecule has 2 aromatic heterocycles. The zero-order valence-corrected chi connectivity index (χ0v) is 17.7. The standard InChI is InChI=1S/C23H19ClN4O3/c1-3-31-23(30)19-13-26-28-20(9-10-25-21(19)28)15-5-4-6-17(11-15)27-22(29)18-12-16(24)8-7-14(18)2/h4-13H,3H2,1-2H3,(H,27,29). The van der Waals surface area contributed by atoms with E-state index in [0.717, 1.165) is 16.8 Å². The zero-order chi connectivity index (χ0) is 22.0. The Kier molecular flexibility index (Phi) is 5.68. The van der Waals surface area contributed by atoms with Crippen LogP contribution in [-0.2, 0) is 4.74 Å². The first-order valence-electron chi connectivity index (χ1n) is 9.65. The largest absolute Gasteiger partial charge is 0.462 e. The molecule has 0 aliphatic rings. The maximum absolute atomic E-state index is 12.7. The van der Waals surface area contributed by atoms with Gasteiger partial charge in [0.1, 0.15) is 5.56 Å². The molecule has 0 saturated heterocycles. The summed E-state index contributed by atoms with van der Waals surface area (Å²) in [5.74, 6) is -0.722. The third-order valence-electron chi connectivity index (χ3n) is 4.76. The van der Waals surface area contributed by atoms with Gasteiger partial charge in [0, 0.05) is 28.0 Å². The van der Waals surface area contributed by atoms with Crippen molar-refractivity contribution in [3.05, 3.63) is 82.6 Å². The van der Waals surface area contributed by atoms with Crippen LogP contribution < -0.4 is 5.32 Å². The van der Waals surface area contributed by atoms with E-state index >= 15 is 0 Å². The van der Waals surface area contributed by atoms with Crippen LogP contribution in [0.3, 0.4) is 0 Å². The summed E-state index contributed by atoms with van der Waals surface area (Å²) in [5.41, 5.74) is 4.17. The van der Waals surface area contributed by atoms with Crippen LogP contribution in [0, 0.1) is 6.92 Å². The van der Waals surface area contributed by atoms with Crippen LogP contribution in [0.1, 0.15) is 33.2 Å². The van der Waals surface area contributed by atoms with Gasteiger partial charge < -0.3 is 10.1 Å². The van der Waals surface area contributed by atoms with E-state index in [2.05, 4.69) is 15.4 Å². The molecule has 2 heterocycles. The third kappa shape index (κ3) is 4.13. The molecule has 4 aromatic rings. The lowest BCUT2D eigenvalue weighted by molar-refractivity contribution is 0.0528. The normalized spacial score (nSPS) is 10.8. The summed E-state index contributed by atoms with van der Waals surface area (Å²) < 4.78 is 6.65. The summed E-state index contributed by atoms with van der Waals surface area (Å²) in [6.07, 6.45) is 3.05. The summed E-state index contributed by atoms with van der Waals surface area (Å²) in [6, 6.07) is 14.3. The summed E-state index contributed by atoms with van der Waals surface area (Å²) >= 11 is 6.04. The van der Waals surface area contributed by atoms with Crippen molar-refractivity contribution in [3.8, 4) is 11.3 Å². The van der Waals surface area contributed by atoms with E-state index in [1.165, 1.54) is 6.20 Å². The van der Waals surface area contributed by atoms with Crippen LogP contribution >= 0.6 is 11.6 Å². The molecule has 1 N–H and O–H groups in total. The van der Waals surface area contributed by atoms with E-state index in [1.54, 1.807) is 48.0 Å². The number of nitrogens with one attached hydrogen (secondary N) is 1. The van der Waals surface area contributed by atoms with Gasteiger partial charge in [0.15, 0.2) is 5.65 Å². The molecule has 31 heavy (non-hydrogen) atoms. The number of amides is 1. The number of aryl methyl sites for hydroxylation is 1. The molecule has 0 bridgehead atoms. The van der Waals surface area contributed by atoms with Crippen molar-refractivity contribution in [2.45, 2.75) is 13.8 Å². The number of rotatable bonds is 5. The van der Waals surface area contributed by atoms with Gasteiger partial charge in [0.2, 0.25) is 0 Å². The lowest BCUT2D eigenvalue weighted by Gasteiger charge is -2.10. The second-order valence-corrected chi connectivity index (χ2v) is 7.27. The SMILES string of the molecule is CCOC(=O)c1cnn2c(-c3cccc(NC(=O)c4cc(Cl)ccc4C)c3)ccnc12. The van der Waals surface area contributed by atoms with Crippen molar-refractivity contribution < 1.29 is 14.3 Å². The van der Waals surface area contributed by atoms with Crippen LogP contribution in [0.25, 0.3) is 16.9 Å². The van der Waals surface area contributed by atoms with E-state index in [9.17, 15) is 9.59 Å². The van der Waals surface area contributed by atoms with Crippen molar-refractivity contribution in [2.24, 2.45) is 0 Å². The number of aromatic nitrogens is 3. The fourth-order valence-corrected chi connectivity index (χ4v) is 3.43. The maximum atomic E-state index is 12.7. The summed E-state index contributed by atoms with van der Waals surface area (Å²) in [6.45, 7) is 3.87. The number of hydrogen-bond donors (Lipinski definition) is 1. The van der Waals surface area contributed by atoms with E-state index in [1.807, 2.05) is 25.1 Å². The highest BCUT2D eigenvalue weighted by Gasteiger charge is 2.17. The number of halogens is 1. The van der Waals surface area contributed by atoms with Crippen LogP contribution in [-0.4, -0.2) is 33.1 Å². The van der Waals surface area contributed by atoms with Crippen molar-refractivity contribution in [3.63, 3.8) is 0 Å². The van der Waals surface area contributed by atoms with Gasteiger partial charge in [-0.15, -0.1) is 0 Å². The molecule has 0 saturated carbocycles. The fourth-order valence-electron chi connectivity index (χ4n) is 3.26. The van der Waals surface area contributed by atoms with Gasteiger partial charge in [-0.25, -0.2) is 14.3 Å². The Morgan fingerprint density at radius 1 is 1.13 bits per heavy atom. The van der Waals surface area contributed by atoms with Gasteiger partial charge >= 0.3 is 5.97 Å². The molecule has 7 nitrogen and oxygen atoms in total. The molecule has 156 valence electrons. The molecule has 0 fully saturated rings. The van der Waals surface area contributed by atoms with Crippen LogP contribution in [0.2, 0.25) is 5.02 Å². The second-order valence-electron chi connectivity index (χ2n) is 6.84. The highest BCUT2D eigenvalue weighted by Crippen LogP contribution is 2.25. The number of fused-ring (bicyclic) bond motifs is 1. The first kappa shape index (κ1) is 20.6. The highest BCUT2D eigenvalue weighted by molar-refractivity contribution is 6.31. The fraction of sp³-hybridized carbons (Fsp3) is 0.130. The highest BCUT2D eigenvalue weighted by atomic mass is 35.5. The van der Waals surface area contributed by atoms with Crippen LogP contribution in [0.5, 0.6) is 0 Å². The first-order valence-corrected chi connectivity index (χ1v) is 10.0. The predicted octanol–water partition coefficient (Wildman–Crippen LogP) is 4.79.